The first-order valence-electron chi connectivity index (χ1n) is 14.2. The summed E-state index contributed by atoms with van der Waals surface area (Å²) in [5.74, 6) is -1.09. The van der Waals surface area contributed by atoms with Gasteiger partial charge in [-0.05, 0) is 62.5 Å². The lowest BCUT2D eigenvalue weighted by atomic mass is 10.0. The van der Waals surface area contributed by atoms with Gasteiger partial charge in [0, 0.05) is 37.7 Å². The molecule has 0 bridgehead atoms. The molecule has 1 aromatic carbocycles. The number of carbonyl (C=O) groups excluding carboxylic acids is 6. The fraction of sp³-hybridized carbons (Fsp3) is 0.533. The molecule has 0 aliphatic carbocycles. The number of nitrogens with zero attached hydrogens (tertiary/aromatic N) is 1. The molecular formula is C30H49ClN6O6. The molecule has 0 aliphatic heterocycles. The molecule has 13 heteroatoms. The molecule has 1 atom stereocenters. The average Bonchev–Trinajstić information content (AvgIpc) is 2.98. The molecule has 0 aromatic heterocycles. The van der Waals surface area contributed by atoms with Crippen LogP contribution in [0, 0.1) is 5.92 Å². The van der Waals surface area contributed by atoms with Crippen LogP contribution in [0.2, 0.25) is 0 Å². The van der Waals surface area contributed by atoms with E-state index in [4.69, 9.17) is 16.4 Å². The summed E-state index contributed by atoms with van der Waals surface area (Å²) in [5, 5.41) is 11.0. The van der Waals surface area contributed by atoms with E-state index >= 15 is 0 Å². The minimum Gasteiger partial charge on any atom is -0.372 e. The van der Waals surface area contributed by atoms with Crippen LogP contribution >= 0.6 is 11.6 Å². The van der Waals surface area contributed by atoms with Crippen LogP contribution in [0.15, 0.2) is 36.4 Å². The standard InChI is InChI=1S/C25H35ClN4O5.C4H11N.CH3NO/c1-18(2)24(25(35)27-17-22(33)28-20-12-10-19(16-26)11-13-20)29-21(32)8-5-4-6-14-30(3)23(34)9-7-15-31;1-3-4-5-2;2-1-3/h7,9-13,15,18,24H,4-6,8,14,16-17H2,1-3H3,(H,27,35)(H,28,33)(H,29,32);5H,3-4H2,1-2H3;1H,(H2,2,3)/b9-7-;;. The van der Waals surface area contributed by atoms with Crippen LogP contribution in [0.4, 0.5) is 5.69 Å². The molecule has 0 saturated heterocycles. The highest BCUT2D eigenvalue weighted by Crippen LogP contribution is 2.11. The summed E-state index contributed by atoms with van der Waals surface area (Å²) < 4.78 is 0. The first-order chi connectivity index (χ1) is 20.5. The van der Waals surface area contributed by atoms with Crippen LogP contribution in [-0.2, 0) is 34.6 Å². The Balaban J connectivity index is 0. The third-order valence-electron chi connectivity index (χ3n) is 5.67. The number of hydrogen-bond donors (Lipinski definition) is 5. The van der Waals surface area contributed by atoms with Crippen LogP contribution in [-0.4, -0.2) is 81.0 Å². The lowest BCUT2D eigenvalue weighted by Gasteiger charge is -2.21. The van der Waals surface area contributed by atoms with Gasteiger partial charge >= 0.3 is 0 Å². The Kier molecular flexibility index (Phi) is 26.1. The lowest BCUT2D eigenvalue weighted by molar-refractivity contribution is -0.130. The quantitative estimate of drug-likeness (QED) is 0.0762. The number of halogens is 1. The van der Waals surface area contributed by atoms with E-state index < -0.39 is 11.9 Å². The third kappa shape index (κ3) is 22.5. The predicted molar refractivity (Wildman–Crippen MR) is 170 cm³/mol. The molecule has 1 unspecified atom stereocenters. The highest BCUT2D eigenvalue weighted by molar-refractivity contribution is 6.17. The van der Waals surface area contributed by atoms with E-state index in [1.165, 1.54) is 17.4 Å². The van der Waals surface area contributed by atoms with Gasteiger partial charge in [-0.15, -0.1) is 11.6 Å². The number of carbonyl (C=O) groups is 6. The number of allylic oxidation sites excluding steroid dienone is 1. The fourth-order valence-corrected chi connectivity index (χ4v) is 3.54. The molecule has 43 heavy (non-hydrogen) atoms. The number of nitrogens with one attached hydrogen (secondary N) is 4. The molecule has 0 heterocycles. The van der Waals surface area contributed by atoms with Crippen molar-refractivity contribution < 1.29 is 28.8 Å². The molecule has 0 radical (unpaired) electrons. The Bertz CT molecular complexity index is 986. The van der Waals surface area contributed by atoms with Crippen molar-refractivity contribution in [2.45, 2.75) is 64.8 Å². The number of hydrogen-bond acceptors (Lipinski definition) is 7. The van der Waals surface area contributed by atoms with E-state index in [0.29, 0.717) is 37.2 Å². The Morgan fingerprint density at radius 3 is 2.14 bits per heavy atom. The average molecular weight is 625 g/mol. The summed E-state index contributed by atoms with van der Waals surface area (Å²) in [6.45, 7) is 7.21. The summed E-state index contributed by atoms with van der Waals surface area (Å²) >= 11 is 5.75. The van der Waals surface area contributed by atoms with Crippen molar-refractivity contribution in [3.05, 3.63) is 42.0 Å². The Morgan fingerprint density at radius 1 is 1.02 bits per heavy atom. The highest BCUT2D eigenvalue weighted by atomic mass is 35.5. The van der Waals surface area contributed by atoms with Gasteiger partial charge in [0.2, 0.25) is 30.0 Å². The zero-order chi connectivity index (χ0) is 33.0. The zero-order valence-electron chi connectivity index (χ0n) is 26.0. The lowest BCUT2D eigenvalue weighted by Crippen LogP contribution is -2.51. The molecule has 1 rings (SSSR count). The van der Waals surface area contributed by atoms with Gasteiger partial charge < -0.3 is 31.9 Å². The van der Waals surface area contributed by atoms with Gasteiger partial charge in [-0.3, -0.25) is 28.8 Å². The van der Waals surface area contributed by atoms with Crippen molar-refractivity contribution in [1.82, 2.24) is 20.9 Å². The summed E-state index contributed by atoms with van der Waals surface area (Å²) in [4.78, 5) is 69.1. The second-order valence-corrected chi connectivity index (χ2v) is 9.96. The van der Waals surface area contributed by atoms with Crippen LogP contribution in [0.5, 0.6) is 0 Å². The normalized spacial score (nSPS) is 10.8. The van der Waals surface area contributed by atoms with Crippen molar-refractivity contribution >= 4 is 53.6 Å². The second kappa shape index (κ2) is 27.1. The monoisotopic (exact) mass is 624 g/mol. The van der Waals surface area contributed by atoms with Crippen LogP contribution in [0.1, 0.15) is 58.4 Å². The van der Waals surface area contributed by atoms with Gasteiger partial charge in [0.05, 0.1) is 6.54 Å². The van der Waals surface area contributed by atoms with E-state index in [-0.39, 0.29) is 43.0 Å². The minimum atomic E-state index is -0.758. The van der Waals surface area contributed by atoms with Crippen LogP contribution in [0.3, 0.4) is 0 Å². The molecule has 1 aromatic rings. The van der Waals surface area contributed by atoms with Crippen molar-refractivity contribution in [3.63, 3.8) is 0 Å². The maximum atomic E-state index is 12.6. The van der Waals surface area contributed by atoms with E-state index in [2.05, 4.69) is 33.9 Å². The number of amides is 5. The van der Waals surface area contributed by atoms with Gasteiger partial charge in [0.25, 0.3) is 0 Å². The summed E-state index contributed by atoms with van der Waals surface area (Å²) in [6.07, 6.45) is 6.68. The van der Waals surface area contributed by atoms with Crippen molar-refractivity contribution in [2.24, 2.45) is 11.7 Å². The van der Waals surface area contributed by atoms with E-state index in [1.54, 1.807) is 31.3 Å². The smallest absolute Gasteiger partial charge is 0.246 e. The molecule has 242 valence electrons. The summed E-state index contributed by atoms with van der Waals surface area (Å²) in [6, 6.07) is 6.31. The molecule has 5 amide bonds. The van der Waals surface area contributed by atoms with Crippen LogP contribution in [0.25, 0.3) is 0 Å². The van der Waals surface area contributed by atoms with Crippen LogP contribution < -0.4 is 27.0 Å². The molecule has 0 fully saturated rings. The van der Waals surface area contributed by atoms with Crippen molar-refractivity contribution in [2.75, 3.05) is 39.0 Å². The summed E-state index contributed by atoms with van der Waals surface area (Å²) in [5.41, 5.74) is 5.69. The number of likely N-dealkylation sites (N-methyl/N-ethyl adjacent to an activating group) is 1. The van der Waals surface area contributed by atoms with Gasteiger partial charge in [-0.25, -0.2) is 0 Å². The number of nitrogens with two attached hydrogens (primary N) is 1. The van der Waals surface area contributed by atoms with Crippen molar-refractivity contribution in [3.8, 4) is 0 Å². The third-order valence-corrected chi connectivity index (χ3v) is 5.98. The second-order valence-electron chi connectivity index (χ2n) is 9.69. The molecule has 12 nitrogen and oxygen atoms in total. The molecule has 0 aliphatic rings. The molecule has 0 spiro atoms. The summed E-state index contributed by atoms with van der Waals surface area (Å²) in [7, 11) is 3.61. The molecular weight excluding hydrogens is 576 g/mol. The molecule has 0 saturated carbocycles. The Labute approximate surface area is 260 Å². The number of aldehydes is 1. The van der Waals surface area contributed by atoms with Gasteiger partial charge in [-0.2, -0.15) is 0 Å². The Morgan fingerprint density at radius 2 is 1.65 bits per heavy atom. The number of benzene rings is 1. The zero-order valence-corrected chi connectivity index (χ0v) is 26.7. The van der Waals surface area contributed by atoms with Gasteiger partial charge in [0.1, 0.15) is 12.3 Å². The van der Waals surface area contributed by atoms with E-state index in [9.17, 15) is 24.0 Å². The predicted octanol–water partition coefficient (Wildman–Crippen LogP) is 2.11. The van der Waals surface area contributed by atoms with E-state index in [0.717, 1.165) is 24.6 Å². The van der Waals surface area contributed by atoms with E-state index in [1.807, 2.05) is 20.9 Å². The minimum absolute atomic E-state index is 0.163. The van der Waals surface area contributed by atoms with Gasteiger partial charge in [-0.1, -0.05) is 39.3 Å². The number of rotatable bonds is 17. The largest absolute Gasteiger partial charge is 0.372 e. The number of alkyl halides is 1. The molecule has 6 N–H and O–H groups in total. The first-order valence-corrected chi connectivity index (χ1v) is 14.7. The van der Waals surface area contributed by atoms with Gasteiger partial charge in [0.15, 0.2) is 0 Å². The number of unbranched alkanes of at least 4 members (excludes halogenated alkanes) is 2. The maximum Gasteiger partial charge on any atom is 0.246 e. The fourth-order valence-electron chi connectivity index (χ4n) is 3.36. The number of primary amides is 1. The maximum absolute atomic E-state index is 12.6. The van der Waals surface area contributed by atoms with Crippen molar-refractivity contribution in [1.29, 1.82) is 0 Å². The Hall–Kier alpha value is -3.77. The SMILES string of the molecule is CC(C)C(NC(=O)CCCCCN(C)C(=O)/C=C\C=O)C(=O)NCC(=O)Nc1ccc(CCl)cc1.CCCNC.NC=O. The topological polar surface area (TPSA) is 180 Å². The number of anilines is 1. The highest BCUT2D eigenvalue weighted by Gasteiger charge is 2.24. The first kappa shape index (κ1) is 41.4.